The minimum Gasteiger partial charge on any atom is -0.303 e. The molecule has 3 N–H and O–H groups in total. The molecule has 0 aromatic carbocycles. The molecule has 2 radical (unpaired) electrons. The molecule has 0 spiro atoms. The summed E-state index contributed by atoms with van der Waals surface area (Å²) in [5.41, 5.74) is 0. The number of rotatable bonds is 0. The third-order valence-electron chi connectivity index (χ3n) is 0. The second-order valence-electron chi connectivity index (χ2n) is 0.513. The van der Waals surface area contributed by atoms with Crippen LogP contribution in [0.4, 0.5) is 0 Å². The summed E-state index contributed by atoms with van der Waals surface area (Å²) >= 11 is 0. The molecule has 0 amide bonds. The van der Waals surface area contributed by atoms with Gasteiger partial charge in [-0.05, 0) is 0 Å². The first-order chi connectivity index (χ1) is 2.00. The molecular weight excluding hydrogens is 397 g/mol. The molecule has 0 bridgehead atoms. The summed E-state index contributed by atoms with van der Waals surface area (Å²) in [6.07, 6.45) is 0. The van der Waals surface area contributed by atoms with Crippen molar-refractivity contribution in [3.63, 3.8) is 0 Å². The Morgan fingerprint density at radius 1 is 1.12 bits per heavy atom. The van der Waals surface area contributed by atoms with Crippen LogP contribution in [0.2, 0.25) is 0 Å². The normalized spacial score (nSPS) is 7.38. The summed E-state index contributed by atoms with van der Waals surface area (Å²) in [6, 6.07) is 0. The van der Waals surface area contributed by atoms with Crippen LogP contribution >= 0.6 is 7.82 Å². The minimum absolute atomic E-state index is 0. The van der Waals surface area contributed by atoms with Gasteiger partial charge in [-0.15, -0.1) is 0 Å². The van der Waals surface area contributed by atoms with Crippen molar-refractivity contribution in [3.05, 3.63) is 0 Å². The maximum atomic E-state index is 8.88. The van der Waals surface area contributed by atoms with Crippen molar-refractivity contribution in [2.24, 2.45) is 0 Å². The van der Waals surface area contributed by atoms with Crippen molar-refractivity contribution >= 4 is 7.82 Å². The maximum absolute atomic E-state index is 8.88. The second kappa shape index (κ2) is 10.1. The Morgan fingerprint density at radius 2 is 1.12 bits per heavy atom. The van der Waals surface area contributed by atoms with Crippen LogP contribution in [0.15, 0.2) is 0 Å². The van der Waals surface area contributed by atoms with E-state index in [0.29, 0.717) is 0 Å². The standard InChI is InChI=1S/Dy.H3O4P.V.Y/c;1-5(2,3)4;;/h;(H3,1,2,3,4);;. The Morgan fingerprint density at radius 3 is 1.12 bits per heavy atom. The average Bonchev–Trinajstić information content (AvgIpc) is 0.722. The third kappa shape index (κ3) is 62.7. The first-order valence-electron chi connectivity index (χ1n) is 0.783. The summed E-state index contributed by atoms with van der Waals surface area (Å²) in [7, 11) is -4.64. The van der Waals surface area contributed by atoms with Crippen LogP contribution in [0, 0.1) is 38.2 Å². The SMILES string of the molecule is O=P(O)(O)O.[Dy].[V].[Y]. The summed E-state index contributed by atoms with van der Waals surface area (Å²) < 4.78 is 8.88. The molecule has 0 aliphatic heterocycles. The van der Waals surface area contributed by atoms with E-state index in [4.69, 9.17) is 19.2 Å². The molecule has 0 heterocycles. The van der Waals surface area contributed by atoms with Crippen LogP contribution in [0.5, 0.6) is 0 Å². The molecule has 0 aromatic heterocycles. The summed E-state index contributed by atoms with van der Waals surface area (Å²) in [5.74, 6) is 0. The van der Waals surface area contributed by atoms with Gasteiger partial charge in [0.2, 0.25) is 0 Å². The summed E-state index contributed by atoms with van der Waals surface area (Å²) in [5, 5.41) is 0. The fraction of sp³-hybridized carbons (Fsp3) is 0. The molecule has 0 fully saturated rings. The van der Waals surface area contributed by atoms with Crippen LogP contribution in [0.1, 0.15) is 0 Å². The van der Waals surface area contributed by atoms with Crippen molar-refractivity contribution in [1.82, 2.24) is 0 Å². The fourth-order valence-corrected chi connectivity index (χ4v) is 0. The molecule has 50 valence electrons. The van der Waals surface area contributed by atoms with Crippen molar-refractivity contribution in [1.29, 1.82) is 0 Å². The van der Waals surface area contributed by atoms with Crippen LogP contribution in [-0.4, -0.2) is 14.7 Å². The first kappa shape index (κ1) is 22.5. The van der Waals surface area contributed by atoms with Crippen molar-refractivity contribution in [2.45, 2.75) is 0 Å². The molecule has 0 aromatic rings. The number of phosphoric acid groups is 1. The quantitative estimate of drug-likeness (QED) is 0.459. The van der Waals surface area contributed by atoms with E-state index in [-0.39, 0.29) is 89.4 Å². The molecular formula is H3DyO4PVY. The van der Waals surface area contributed by atoms with Gasteiger partial charge in [0.25, 0.3) is 0 Å². The van der Waals surface area contributed by atoms with Gasteiger partial charge in [-0.3, -0.25) is 0 Å². The van der Waals surface area contributed by atoms with Crippen molar-refractivity contribution in [3.8, 4) is 0 Å². The fourth-order valence-electron chi connectivity index (χ4n) is 0. The number of hydrogen-bond donors (Lipinski definition) is 3. The molecule has 4 nitrogen and oxygen atoms in total. The minimum atomic E-state index is -4.64. The Labute approximate surface area is 114 Å². The third-order valence-corrected chi connectivity index (χ3v) is 0. The Hall–Kier alpha value is 3.07. The van der Waals surface area contributed by atoms with Crippen LogP contribution in [0.25, 0.3) is 0 Å². The molecule has 0 saturated carbocycles. The largest absolute Gasteiger partial charge is 0.466 e. The summed E-state index contributed by atoms with van der Waals surface area (Å²) in [6.45, 7) is 0. The van der Waals surface area contributed by atoms with Crippen LogP contribution in [-0.2, 0) is 55.8 Å². The first-order valence-corrected chi connectivity index (χ1v) is 2.35. The zero-order valence-corrected chi connectivity index (χ0v) is 10.7. The Kier molecular flexibility index (Phi) is 28.3. The van der Waals surface area contributed by atoms with Crippen LogP contribution in [0.3, 0.4) is 0 Å². The van der Waals surface area contributed by atoms with Gasteiger partial charge in [0, 0.05) is 89.4 Å². The van der Waals surface area contributed by atoms with E-state index in [1.54, 1.807) is 0 Å². The smallest absolute Gasteiger partial charge is 0.303 e. The Bertz CT molecular complexity index is 62.2. The molecule has 0 atom stereocenters. The van der Waals surface area contributed by atoms with E-state index in [2.05, 4.69) is 0 Å². The molecule has 8 heavy (non-hydrogen) atoms. The van der Waals surface area contributed by atoms with E-state index < -0.39 is 7.82 Å². The maximum Gasteiger partial charge on any atom is 0.466 e. The molecule has 0 saturated heterocycles. The van der Waals surface area contributed by atoms with E-state index in [1.165, 1.54) is 0 Å². The van der Waals surface area contributed by atoms with Gasteiger partial charge in [-0.2, -0.15) is 0 Å². The van der Waals surface area contributed by atoms with E-state index in [9.17, 15) is 0 Å². The van der Waals surface area contributed by atoms with Gasteiger partial charge >= 0.3 is 7.82 Å². The van der Waals surface area contributed by atoms with Gasteiger partial charge in [0.05, 0.1) is 0 Å². The van der Waals surface area contributed by atoms with Gasteiger partial charge in [0.15, 0.2) is 0 Å². The predicted octanol–water partition coefficient (Wildman–Crippen LogP) is -0.934. The topological polar surface area (TPSA) is 77.8 Å². The zero-order chi connectivity index (χ0) is 4.50. The van der Waals surface area contributed by atoms with Gasteiger partial charge in [0.1, 0.15) is 0 Å². The van der Waals surface area contributed by atoms with Crippen LogP contribution < -0.4 is 0 Å². The van der Waals surface area contributed by atoms with E-state index >= 15 is 0 Å². The molecule has 8 heteroatoms. The molecule has 0 aliphatic rings. The monoisotopic (exact) mass is 402 g/mol. The Balaban J connectivity index is -0.0000000267. The van der Waals surface area contributed by atoms with E-state index in [1.807, 2.05) is 0 Å². The van der Waals surface area contributed by atoms with Gasteiger partial charge < -0.3 is 14.7 Å². The summed E-state index contributed by atoms with van der Waals surface area (Å²) in [4.78, 5) is 21.6. The van der Waals surface area contributed by atoms with E-state index in [0.717, 1.165) is 0 Å². The predicted molar refractivity (Wildman–Crippen MR) is 14.3 cm³/mol. The molecule has 0 unspecified atom stereocenters. The number of hydrogen-bond acceptors (Lipinski definition) is 1. The van der Waals surface area contributed by atoms with Gasteiger partial charge in [-0.25, -0.2) is 4.57 Å². The zero-order valence-electron chi connectivity index (χ0n) is 3.54. The molecule has 0 rings (SSSR count). The van der Waals surface area contributed by atoms with Crippen molar-refractivity contribution in [2.75, 3.05) is 0 Å². The van der Waals surface area contributed by atoms with Crippen molar-refractivity contribution < 1.29 is 109 Å². The van der Waals surface area contributed by atoms with Gasteiger partial charge in [-0.1, -0.05) is 0 Å². The second-order valence-corrected chi connectivity index (χ2v) is 1.54. The molecule has 0 aliphatic carbocycles. The average molecular weight is 400 g/mol.